The van der Waals surface area contributed by atoms with Crippen LogP contribution in [0.1, 0.15) is 13.8 Å². The van der Waals surface area contributed by atoms with Crippen molar-refractivity contribution in [3.63, 3.8) is 0 Å². The van der Waals surface area contributed by atoms with Crippen LogP contribution in [0.3, 0.4) is 0 Å². The lowest BCUT2D eigenvalue weighted by Gasteiger charge is -2.32. The van der Waals surface area contributed by atoms with Crippen LogP contribution in [0.5, 0.6) is 0 Å². The molecule has 0 aliphatic heterocycles. The second-order valence-corrected chi connectivity index (χ2v) is 14.6. The van der Waals surface area contributed by atoms with Gasteiger partial charge in [0.05, 0.1) is 8.07 Å². The summed E-state index contributed by atoms with van der Waals surface area (Å²) < 4.78 is 5.98. The zero-order chi connectivity index (χ0) is 14.4. The molecule has 0 amide bonds. The quantitative estimate of drug-likeness (QED) is 0.648. The Morgan fingerprint density at radius 3 is 2.11 bits per heavy atom. The van der Waals surface area contributed by atoms with E-state index in [2.05, 4.69) is 63.0 Å². The molecular formula is C16H28OSi2. The van der Waals surface area contributed by atoms with E-state index in [1.807, 2.05) is 7.11 Å². The monoisotopic (exact) mass is 292 g/mol. The van der Waals surface area contributed by atoms with E-state index in [0.717, 1.165) is 0 Å². The molecular weight excluding hydrogens is 264 g/mol. The lowest BCUT2D eigenvalue weighted by molar-refractivity contribution is 0.410. The van der Waals surface area contributed by atoms with Crippen LogP contribution in [0.4, 0.5) is 0 Å². The summed E-state index contributed by atoms with van der Waals surface area (Å²) in [6.45, 7) is 11.1. The molecule has 0 heterocycles. The Morgan fingerprint density at radius 2 is 1.68 bits per heavy atom. The molecule has 1 aromatic carbocycles. The van der Waals surface area contributed by atoms with Crippen LogP contribution in [0, 0.1) is 0 Å². The Labute approximate surface area is 120 Å². The van der Waals surface area contributed by atoms with Gasteiger partial charge in [0.1, 0.15) is 0 Å². The lowest BCUT2D eigenvalue weighted by Crippen LogP contribution is -2.48. The molecule has 0 aromatic heterocycles. The van der Waals surface area contributed by atoms with E-state index in [0.29, 0.717) is 0 Å². The summed E-state index contributed by atoms with van der Waals surface area (Å²) in [7, 11) is -1.15. The Balaban J connectivity index is 2.85. The Hall–Kier alpha value is -0.646. The molecule has 1 rings (SSSR count). The van der Waals surface area contributed by atoms with Gasteiger partial charge in [-0.15, -0.1) is 12.3 Å². The Bertz CT molecular complexity index is 387. The van der Waals surface area contributed by atoms with Crippen molar-refractivity contribution in [2.24, 2.45) is 0 Å². The molecule has 1 atom stereocenters. The van der Waals surface area contributed by atoms with Gasteiger partial charge in [-0.05, 0) is 17.8 Å². The highest BCUT2D eigenvalue weighted by molar-refractivity contribution is 6.89. The van der Waals surface area contributed by atoms with Crippen molar-refractivity contribution >= 4 is 21.6 Å². The molecule has 0 spiro atoms. The topological polar surface area (TPSA) is 9.23 Å². The molecule has 1 unspecified atom stereocenters. The first-order valence-corrected chi connectivity index (χ1v) is 12.6. The summed E-state index contributed by atoms with van der Waals surface area (Å²) >= 11 is 0. The highest BCUT2D eigenvalue weighted by atomic mass is 28.4. The molecule has 0 bridgehead atoms. The van der Waals surface area contributed by atoms with E-state index in [1.165, 1.54) is 29.4 Å². The zero-order valence-corrected chi connectivity index (χ0v) is 14.9. The third-order valence-electron chi connectivity index (χ3n) is 4.78. The van der Waals surface area contributed by atoms with Gasteiger partial charge in [0.25, 0.3) is 0 Å². The summed E-state index contributed by atoms with van der Waals surface area (Å²) in [5.41, 5.74) is 2.29. The molecule has 1 nitrogen and oxygen atoms in total. The van der Waals surface area contributed by atoms with Crippen molar-refractivity contribution in [2.75, 3.05) is 7.11 Å². The maximum absolute atomic E-state index is 5.98. The summed E-state index contributed by atoms with van der Waals surface area (Å²) in [6.07, 6.45) is 0. The van der Waals surface area contributed by atoms with Gasteiger partial charge in [-0.2, -0.15) is 0 Å². The minimum atomic E-state index is -1.77. The van der Waals surface area contributed by atoms with Crippen molar-refractivity contribution in [1.29, 1.82) is 0 Å². The molecule has 0 aliphatic rings. The van der Waals surface area contributed by atoms with Gasteiger partial charge in [-0.3, -0.25) is 0 Å². The van der Waals surface area contributed by atoms with Gasteiger partial charge in [-0.1, -0.05) is 62.3 Å². The first kappa shape index (κ1) is 16.4. The largest absolute Gasteiger partial charge is 0.416 e. The van der Waals surface area contributed by atoms with Crippen molar-refractivity contribution in [2.45, 2.75) is 44.6 Å². The normalized spacial score (nSPS) is 14.9. The van der Waals surface area contributed by atoms with Crippen molar-refractivity contribution in [3.05, 3.63) is 42.6 Å². The molecule has 0 saturated carbocycles. The van der Waals surface area contributed by atoms with Gasteiger partial charge in [0, 0.05) is 7.11 Å². The van der Waals surface area contributed by atoms with E-state index >= 15 is 0 Å². The Morgan fingerprint density at radius 1 is 1.11 bits per heavy atom. The number of benzene rings is 1. The van der Waals surface area contributed by atoms with E-state index in [9.17, 15) is 0 Å². The minimum absolute atomic E-state index is 1.22. The molecule has 19 heavy (non-hydrogen) atoms. The van der Waals surface area contributed by atoms with Crippen LogP contribution in [0.2, 0.25) is 30.7 Å². The fourth-order valence-electron chi connectivity index (χ4n) is 2.64. The van der Waals surface area contributed by atoms with Crippen molar-refractivity contribution < 1.29 is 4.43 Å². The van der Waals surface area contributed by atoms with Crippen LogP contribution >= 0.6 is 0 Å². The third-order valence-corrected chi connectivity index (χ3v) is 13.9. The molecule has 0 N–H and O–H groups in total. The molecule has 0 saturated heterocycles. The molecule has 0 fully saturated rings. The van der Waals surface area contributed by atoms with Gasteiger partial charge < -0.3 is 4.43 Å². The molecule has 106 valence electrons. The van der Waals surface area contributed by atoms with Gasteiger partial charge >= 0.3 is 0 Å². The maximum Gasteiger partial charge on any atom is 0.220 e. The summed E-state index contributed by atoms with van der Waals surface area (Å²) in [6, 6.07) is 15.9. The SMILES string of the molecule is C=C[Si](CC)(CC)CC[Si](C)(OC)c1ccccc1. The standard InChI is InChI=1S/C16H28OSi2/c1-6-19(7-2,8-3)15-14-18(5,17-4)16-12-10-9-11-13-16/h6,9-13H,1,7-8,14-15H2,2-5H3. The predicted octanol–water partition coefficient (Wildman–Crippen LogP) is 4.33. The van der Waals surface area contributed by atoms with E-state index in [4.69, 9.17) is 4.43 Å². The van der Waals surface area contributed by atoms with Crippen LogP contribution in [0.15, 0.2) is 42.6 Å². The van der Waals surface area contributed by atoms with Crippen LogP contribution < -0.4 is 5.19 Å². The predicted molar refractivity (Wildman–Crippen MR) is 91.2 cm³/mol. The Kier molecular flexibility index (Phi) is 6.24. The number of hydrogen-bond acceptors (Lipinski definition) is 1. The molecule has 3 heteroatoms. The van der Waals surface area contributed by atoms with Gasteiger partial charge in [0.2, 0.25) is 8.32 Å². The summed E-state index contributed by atoms with van der Waals surface area (Å²) in [5, 5.41) is 1.41. The first-order chi connectivity index (χ1) is 9.05. The van der Waals surface area contributed by atoms with Crippen LogP contribution in [-0.2, 0) is 4.43 Å². The zero-order valence-electron chi connectivity index (χ0n) is 12.9. The summed E-state index contributed by atoms with van der Waals surface area (Å²) in [5.74, 6) is 0. The molecule has 0 radical (unpaired) electrons. The fraction of sp³-hybridized carbons (Fsp3) is 0.500. The number of hydrogen-bond donors (Lipinski definition) is 0. The highest BCUT2D eigenvalue weighted by Crippen LogP contribution is 2.27. The average Bonchev–Trinajstić information content (AvgIpc) is 2.50. The van der Waals surface area contributed by atoms with Gasteiger partial charge in [0.15, 0.2) is 0 Å². The minimum Gasteiger partial charge on any atom is -0.416 e. The third kappa shape index (κ3) is 3.91. The maximum atomic E-state index is 5.98. The smallest absolute Gasteiger partial charge is 0.220 e. The molecule has 1 aromatic rings. The van der Waals surface area contributed by atoms with Crippen molar-refractivity contribution in [3.8, 4) is 0 Å². The average molecular weight is 293 g/mol. The lowest BCUT2D eigenvalue weighted by atomic mass is 10.4. The second kappa shape index (κ2) is 7.22. The van der Waals surface area contributed by atoms with Gasteiger partial charge in [-0.25, -0.2) is 0 Å². The van der Waals surface area contributed by atoms with Crippen LogP contribution in [-0.4, -0.2) is 23.5 Å². The summed E-state index contributed by atoms with van der Waals surface area (Å²) in [4.78, 5) is 0. The fourth-order valence-corrected chi connectivity index (χ4v) is 10.2. The molecule has 0 aliphatic carbocycles. The van der Waals surface area contributed by atoms with Crippen molar-refractivity contribution in [1.82, 2.24) is 0 Å². The van der Waals surface area contributed by atoms with E-state index in [1.54, 1.807) is 0 Å². The second-order valence-electron chi connectivity index (χ2n) is 5.57. The number of rotatable bonds is 8. The van der Waals surface area contributed by atoms with E-state index < -0.39 is 16.4 Å². The van der Waals surface area contributed by atoms with E-state index in [-0.39, 0.29) is 0 Å². The van der Waals surface area contributed by atoms with Crippen LogP contribution in [0.25, 0.3) is 0 Å². The first-order valence-electron chi connectivity index (χ1n) is 7.30. The highest BCUT2D eigenvalue weighted by Gasteiger charge is 2.34.